The Balaban J connectivity index is 2.55. The van der Waals surface area contributed by atoms with Gasteiger partial charge in [0.05, 0.1) is 0 Å². The second kappa shape index (κ2) is 5.32. The van der Waals surface area contributed by atoms with E-state index in [1.165, 1.54) is 0 Å². The minimum Gasteiger partial charge on any atom is -0.396 e. The number of aliphatic hydroxyl groups is 1. The zero-order chi connectivity index (χ0) is 14.0. The fourth-order valence-corrected chi connectivity index (χ4v) is 2.12. The molecule has 5 heteroatoms. The van der Waals surface area contributed by atoms with Gasteiger partial charge in [0.1, 0.15) is 5.82 Å². The predicted octanol–water partition coefficient (Wildman–Crippen LogP) is 1.29. The highest BCUT2D eigenvalue weighted by Crippen LogP contribution is 2.16. The van der Waals surface area contributed by atoms with E-state index in [-0.39, 0.29) is 12.2 Å². The van der Waals surface area contributed by atoms with Crippen LogP contribution < -0.4 is 5.56 Å². The molecule has 100 valence electrons. The third-order valence-electron chi connectivity index (χ3n) is 2.94. The molecule has 0 aliphatic heterocycles. The summed E-state index contributed by atoms with van der Waals surface area (Å²) in [6.07, 6.45) is 0.322. The van der Waals surface area contributed by atoms with Crippen molar-refractivity contribution < 1.29 is 5.11 Å². The van der Waals surface area contributed by atoms with Crippen LogP contribution in [0.3, 0.4) is 0 Å². The van der Waals surface area contributed by atoms with E-state index in [2.05, 4.69) is 15.0 Å². The molecular formula is C14H17N3O2. The van der Waals surface area contributed by atoms with E-state index in [0.29, 0.717) is 23.5 Å². The Kier molecular flexibility index (Phi) is 3.76. The summed E-state index contributed by atoms with van der Waals surface area (Å²) in [6, 6.07) is 3.77. The number of aromatic amines is 1. The maximum absolute atomic E-state index is 12.0. The lowest BCUT2D eigenvalue weighted by Crippen LogP contribution is -2.18. The van der Waals surface area contributed by atoms with Crippen LogP contribution in [0.1, 0.15) is 22.6 Å². The lowest BCUT2D eigenvalue weighted by atomic mass is 10.1. The minimum atomic E-state index is -0.191. The first kappa shape index (κ1) is 13.4. The standard InChI is InChI=1S/C14H17N3O2/c1-8-6-11(7-9(2)15-8)13-16-10(3)12(4-5-18)14(19)17-13/h6-7,18H,4-5H2,1-3H3,(H,16,17,19). The van der Waals surface area contributed by atoms with Crippen molar-refractivity contribution in [2.45, 2.75) is 27.2 Å². The molecule has 2 aromatic heterocycles. The average Bonchev–Trinajstić information content (AvgIpc) is 2.32. The fourth-order valence-electron chi connectivity index (χ4n) is 2.12. The van der Waals surface area contributed by atoms with E-state index >= 15 is 0 Å². The first-order valence-electron chi connectivity index (χ1n) is 6.17. The second-order valence-electron chi connectivity index (χ2n) is 4.59. The van der Waals surface area contributed by atoms with Crippen LogP contribution in [0.15, 0.2) is 16.9 Å². The van der Waals surface area contributed by atoms with Crippen molar-refractivity contribution >= 4 is 0 Å². The molecule has 0 atom stereocenters. The van der Waals surface area contributed by atoms with Gasteiger partial charge in [-0.1, -0.05) is 0 Å². The summed E-state index contributed by atoms with van der Waals surface area (Å²) in [5.41, 5.74) is 3.61. The first-order valence-corrected chi connectivity index (χ1v) is 6.17. The summed E-state index contributed by atoms with van der Waals surface area (Å²) in [7, 11) is 0. The van der Waals surface area contributed by atoms with Gasteiger partial charge in [-0.2, -0.15) is 0 Å². The molecule has 2 aromatic rings. The number of hydrogen-bond acceptors (Lipinski definition) is 4. The molecule has 19 heavy (non-hydrogen) atoms. The molecule has 0 saturated heterocycles. The van der Waals surface area contributed by atoms with E-state index in [1.807, 2.05) is 26.0 Å². The van der Waals surface area contributed by atoms with E-state index in [9.17, 15) is 4.79 Å². The van der Waals surface area contributed by atoms with Gasteiger partial charge in [0.25, 0.3) is 5.56 Å². The largest absolute Gasteiger partial charge is 0.396 e. The van der Waals surface area contributed by atoms with Gasteiger partial charge in [-0.3, -0.25) is 9.78 Å². The highest BCUT2D eigenvalue weighted by atomic mass is 16.3. The second-order valence-corrected chi connectivity index (χ2v) is 4.59. The molecule has 0 aromatic carbocycles. The number of nitrogens with zero attached hydrogens (tertiary/aromatic N) is 2. The Morgan fingerprint density at radius 1 is 1.16 bits per heavy atom. The van der Waals surface area contributed by atoms with Gasteiger partial charge >= 0.3 is 0 Å². The van der Waals surface area contributed by atoms with Crippen molar-refractivity contribution in [2.75, 3.05) is 6.61 Å². The maximum Gasteiger partial charge on any atom is 0.254 e. The first-order chi connectivity index (χ1) is 9.01. The number of aliphatic hydroxyl groups excluding tert-OH is 1. The van der Waals surface area contributed by atoms with Crippen molar-refractivity contribution in [1.29, 1.82) is 0 Å². The van der Waals surface area contributed by atoms with Crippen molar-refractivity contribution in [3.63, 3.8) is 0 Å². The van der Waals surface area contributed by atoms with Crippen LogP contribution in [0.5, 0.6) is 0 Å². The third-order valence-corrected chi connectivity index (χ3v) is 2.94. The Labute approximate surface area is 111 Å². The summed E-state index contributed by atoms with van der Waals surface area (Å²) >= 11 is 0. The molecule has 0 aliphatic carbocycles. The molecule has 0 radical (unpaired) electrons. The van der Waals surface area contributed by atoms with E-state index in [4.69, 9.17) is 5.11 Å². The molecule has 5 nitrogen and oxygen atoms in total. The van der Waals surface area contributed by atoms with Crippen LogP contribution in [0.2, 0.25) is 0 Å². The molecular weight excluding hydrogens is 242 g/mol. The third kappa shape index (κ3) is 2.88. The lowest BCUT2D eigenvalue weighted by molar-refractivity contribution is 0.298. The molecule has 2 rings (SSSR count). The number of rotatable bonds is 3. The summed E-state index contributed by atoms with van der Waals surface area (Å²) in [4.78, 5) is 23.4. The van der Waals surface area contributed by atoms with Gasteiger partial charge < -0.3 is 10.1 Å². The Hall–Kier alpha value is -2.01. The topological polar surface area (TPSA) is 78.9 Å². The van der Waals surface area contributed by atoms with Gasteiger partial charge in [0.15, 0.2) is 0 Å². The van der Waals surface area contributed by atoms with Crippen LogP contribution in [-0.2, 0) is 6.42 Å². The summed E-state index contributed by atoms with van der Waals surface area (Å²) < 4.78 is 0. The number of H-pyrrole nitrogens is 1. The van der Waals surface area contributed by atoms with Crippen LogP contribution in [0.25, 0.3) is 11.4 Å². The molecule has 0 unspecified atom stereocenters. The number of aromatic nitrogens is 3. The van der Waals surface area contributed by atoms with Crippen molar-refractivity contribution in [3.05, 3.63) is 45.1 Å². The SMILES string of the molecule is Cc1cc(-c2nc(C)c(CCO)c(=O)[nH]2)cc(C)n1. The van der Waals surface area contributed by atoms with Crippen LogP contribution in [0, 0.1) is 20.8 Å². The molecule has 0 amide bonds. The van der Waals surface area contributed by atoms with E-state index in [1.54, 1.807) is 6.92 Å². The molecule has 0 bridgehead atoms. The highest BCUT2D eigenvalue weighted by molar-refractivity contribution is 5.56. The monoisotopic (exact) mass is 259 g/mol. The minimum absolute atomic E-state index is 0.0571. The molecule has 0 fully saturated rings. The average molecular weight is 259 g/mol. The Bertz CT molecular complexity index is 642. The highest BCUT2D eigenvalue weighted by Gasteiger charge is 2.09. The van der Waals surface area contributed by atoms with Crippen LogP contribution in [-0.4, -0.2) is 26.7 Å². The van der Waals surface area contributed by atoms with Crippen molar-refractivity contribution in [1.82, 2.24) is 15.0 Å². The number of pyridine rings is 1. The summed E-state index contributed by atoms with van der Waals surface area (Å²) in [6.45, 7) is 5.53. The van der Waals surface area contributed by atoms with Gasteiger partial charge in [-0.15, -0.1) is 0 Å². The zero-order valence-corrected chi connectivity index (χ0v) is 11.3. The summed E-state index contributed by atoms with van der Waals surface area (Å²) in [5, 5.41) is 8.94. The Morgan fingerprint density at radius 3 is 2.32 bits per heavy atom. The Morgan fingerprint density at radius 2 is 1.79 bits per heavy atom. The molecule has 2 N–H and O–H groups in total. The van der Waals surface area contributed by atoms with E-state index < -0.39 is 0 Å². The molecule has 0 aliphatic rings. The van der Waals surface area contributed by atoms with Gasteiger partial charge in [0.2, 0.25) is 0 Å². The maximum atomic E-state index is 12.0. The van der Waals surface area contributed by atoms with E-state index in [0.717, 1.165) is 17.0 Å². The smallest absolute Gasteiger partial charge is 0.254 e. The van der Waals surface area contributed by atoms with Crippen molar-refractivity contribution in [2.24, 2.45) is 0 Å². The van der Waals surface area contributed by atoms with Gasteiger partial charge in [0, 0.05) is 41.2 Å². The lowest BCUT2D eigenvalue weighted by Gasteiger charge is -2.07. The number of aryl methyl sites for hydroxylation is 3. The summed E-state index contributed by atoms with van der Waals surface area (Å²) in [5.74, 6) is 0.540. The van der Waals surface area contributed by atoms with Gasteiger partial charge in [-0.05, 0) is 32.9 Å². The fraction of sp³-hybridized carbons (Fsp3) is 0.357. The molecule has 0 saturated carbocycles. The predicted molar refractivity (Wildman–Crippen MR) is 73.1 cm³/mol. The van der Waals surface area contributed by atoms with Crippen molar-refractivity contribution in [3.8, 4) is 11.4 Å². The number of hydrogen-bond donors (Lipinski definition) is 2. The van der Waals surface area contributed by atoms with Gasteiger partial charge in [-0.25, -0.2) is 4.98 Å². The quantitative estimate of drug-likeness (QED) is 0.870. The van der Waals surface area contributed by atoms with Crippen LogP contribution >= 0.6 is 0 Å². The molecule has 0 spiro atoms. The normalized spacial score (nSPS) is 10.7. The molecule has 2 heterocycles. The van der Waals surface area contributed by atoms with Crippen LogP contribution in [0.4, 0.5) is 0 Å². The zero-order valence-electron chi connectivity index (χ0n) is 11.3. The number of nitrogens with one attached hydrogen (secondary N) is 1.